The third-order valence-electron chi connectivity index (χ3n) is 1.69. The van der Waals surface area contributed by atoms with Crippen LogP contribution >= 0.6 is 11.6 Å². The van der Waals surface area contributed by atoms with Crippen molar-refractivity contribution in [2.24, 2.45) is 0 Å². The molecule has 1 aromatic carbocycles. The van der Waals surface area contributed by atoms with Crippen molar-refractivity contribution in [3.05, 3.63) is 35.9 Å². The Morgan fingerprint density at radius 1 is 1.23 bits per heavy atom. The van der Waals surface area contributed by atoms with Crippen LogP contribution in [0.2, 0.25) is 5.02 Å². The van der Waals surface area contributed by atoms with Crippen molar-refractivity contribution >= 4 is 17.3 Å². The number of halogens is 1. The Morgan fingerprint density at radius 2 is 1.92 bits per heavy atom. The lowest BCUT2D eigenvalue weighted by molar-refractivity contribution is 1.06. The van der Waals surface area contributed by atoms with E-state index in [2.05, 4.69) is 10.2 Å². The van der Waals surface area contributed by atoms with Gasteiger partial charge in [-0.3, -0.25) is 4.57 Å². The van der Waals surface area contributed by atoms with Gasteiger partial charge < -0.3 is 5.73 Å². The molecule has 0 unspecified atom stereocenters. The van der Waals surface area contributed by atoms with Gasteiger partial charge in [0.2, 0.25) is 0 Å². The number of rotatable bonds is 1. The molecule has 0 spiro atoms. The highest BCUT2D eigenvalue weighted by molar-refractivity contribution is 6.30. The molecule has 2 N–H and O–H groups in total. The third kappa shape index (κ3) is 1.48. The second kappa shape index (κ2) is 3.06. The van der Waals surface area contributed by atoms with Gasteiger partial charge in [0.1, 0.15) is 12.7 Å². The number of aromatic nitrogens is 3. The van der Waals surface area contributed by atoms with Crippen molar-refractivity contribution in [3.8, 4) is 5.69 Å². The summed E-state index contributed by atoms with van der Waals surface area (Å²) < 4.78 is 1.73. The molecule has 0 fully saturated rings. The minimum atomic E-state index is 0.604. The molecule has 66 valence electrons. The van der Waals surface area contributed by atoms with Gasteiger partial charge in [-0.25, -0.2) is 0 Å². The van der Waals surface area contributed by atoms with Crippen LogP contribution in [0.1, 0.15) is 0 Å². The fourth-order valence-electron chi connectivity index (χ4n) is 1.09. The van der Waals surface area contributed by atoms with E-state index in [1.54, 1.807) is 29.4 Å². The lowest BCUT2D eigenvalue weighted by atomic mass is 10.3. The van der Waals surface area contributed by atoms with E-state index >= 15 is 0 Å². The lowest BCUT2D eigenvalue weighted by Crippen LogP contribution is -1.96. The van der Waals surface area contributed by atoms with Crippen LogP contribution in [0.15, 0.2) is 30.9 Å². The SMILES string of the molecule is Nc1cc(Cl)ccc1-n1cnnc1. The summed E-state index contributed by atoms with van der Waals surface area (Å²) in [5.74, 6) is 0. The third-order valence-corrected chi connectivity index (χ3v) is 1.92. The highest BCUT2D eigenvalue weighted by Gasteiger charge is 2.01. The molecule has 0 aliphatic carbocycles. The molecule has 0 aliphatic rings. The van der Waals surface area contributed by atoms with Gasteiger partial charge in [0.05, 0.1) is 11.4 Å². The first-order valence-electron chi connectivity index (χ1n) is 3.67. The molecule has 0 atom stereocenters. The van der Waals surface area contributed by atoms with Crippen LogP contribution in [-0.2, 0) is 0 Å². The van der Waals surface area contributed by atoms with E-state index in [1.165, 1.54) is 0 Å². The van der Waals surface area contributed by atoms with E-state index in [9.17, 15) is 0 Å². The van der Waals surface area contributed by atoms with Crippen molar-refractivity contribution in [1.29, 1.82) is 0 Å². The monoisotopic (exact) mass is 194 g/mol. The first-order valence-corrected chi connectivity index (χ1v) is 4.05. The Labute approximate surface area is 80.0 Å². The van der Waals surface area contributed by atoms with Crippen LogP contribution in [0.5, 0.6) is 0 Å². The fraction of sp³-hybridized carbons (Fsp3) is 0. The summed E-state index contributed by atoms with van der Waals surface area (Å²) >= 11 is 5.76. The zero-order chi connectivity index (χ0) is 9.26. The van der Waals surface area contributed by atoms with Crippen molar-refractivity contribution < 1.29 is 0 Å². The fourth-order valence-corrected chi connectivity index (χ4v) is 1.27. The second-order valence-electron chi connectivity index (χ2n) is 2.57. The quantitative estimate of drug-likeness (QED) is 0.700. The molecule has 0 bridgehead atoms. The predicted molar refractivity (Wildman–Crippen MR) is 50.8 cm³/mol. The molecule has 1 heterocycles. The topological polar surface area (TPSA) is 56.7 Å². The van der Waals surface area contributed by atoms with Crippen LogP contribution in [0, 0.1) is 0 Å². The lowest BCUT2D eigenvalue weighted by Gasteiger charge is -2.04. The molecule has 0 aliphatic heterocycles. The Bertz CT molecular complexity index is 410. The Morgan fingerprint density at radius 3 is 2.54 bits per heavy atom. The van der Waals surface area contributed by atoms with E-state index in [1.807, 2.05) is 6.07 Å². The number of nitrogen functional groups attached to an aromatic ring is 1. The van der Waals surface area contributed by atoms with E-state index < -0.39 is 0 Å². The molecular weight excluding hydrogens is 188 g/mol. The van der Waals surface area contributed by atoms with Gasteiger partial charge in [0.15, 0.2) is 0 Å². The molecule has 2 rings (SSSR count). The Balaban J connectivity index is 2.53. The number of anilines is 1. The van der Waals surface area contributed by atoms with Gasteiger partial charge in [-0.2, -0.15) is 0 Å². The normalized spacial score (nSPS) is 10.2. The number of hydrogen-bond donors (Lipinski definition) is 1. The highest BCUT2D eigenvalue weighted by atomic mass is 35.5. The molecule has 0 saturated heterocycles. The molecule has 5 heteroatoms. The minimum Gasteiger partial charge on any atom is -0.397 e. The standard InChI is InChI=1S/C8H7ClN4/c9-6-1-2-8(7(10)3-6)13-4-11-12-5-13/h1-5H,10H2. The van der Waals surface area contributed by atoms with Crippen molar-refractivity contribution in [2.75, 3.05) is 5.73 Å². The van der Waals surface area contributed by atoms with Gasteiger partial charge >= 0.3 is 0 Å². The Hall–Kier alpha value is -1.55. The van der Waals surface area contributed by atoms with E-state index in [0.29, 0.717) is 10.7 Å². The number of nitrogens with two attached hydrogens (primary N) is 1. The molecule has 0 radical (unpaired) electrons. The summed E-state index contributed by atoms with van der Waals surface area (Å²) in [6.07, 6.45) is 3.17. The summed E-state index contributed by atoms with van der Waals surface area (Å²) in [4.78, 5) is 0. The minimum absolute atomic E-state index is 0.604. The summed E-state index contributed by atoms with van der Waals surface area (Å²) in [6, 6.07) is 5.28. The number of hydrogen-bond acceptors (Lipinski definition) is 3. The van der Waals surface area contributed by atoms with Crippen LogP contribution < -0.4 is 5.73 Å². The second-order valence-corrected chi connectivity index (χ2v) is 3.01. The number of benzene rings is 1. The number of nitrogens with zero attached hydrogens (tertiary/aromatic N) is 3. The van der Waals surface area contributed by atoms with Gasteiger partial charge in [0, 0.05) is 5.02 Å². The highest BCUT2D eigenvalue weighted by Crippen LogP contribution is 2.20. The van der Waals surface area contributed by atoms with Gasteiger partial charge in [-0.1, -0.05) is 11.6 Å². The van der Waals surface area contributed by atoms with Crippen LogP contribution in [-0.4, -0.2) is 14.8 Å². The maximum atomic E-state index is 5.76. The molecule has 2 aromatic rings. The summed E-state index contributed by atoms with van der Waals surface area (Å²) in [6.45, 7) is 0. The molecule has 0 amide bonds. The van der Waals surface area contributed by atoms with Crippen LogP contribution in [0.3, 0.4) is 0 Å². The smallest absolute Gasteiger partial charge is 0.123 e. The van der Waals surface area contributed by atoms with E-state index in [0.717, 1.165) is 5.69 Å². The largest absolute Gasteiger partial charge is 0.397 e. The molecular formula is C8H7ClN4. The zero-order valence-corrected chi connectivity index (χ0v) is 7.44. The molecule has 0 saturated carbocycles. The maximum Gasteiger partial charge on any atom is 0.123 e. The Kier molecular flexibility index (Phi) is 1.90. The van der Waals surface area contributed by atoms with Gasteiger partial charge in [-0.15, -0.1) is 10.2 Å². The van der Waals surface area contributed by atoms with Gasteiger partial charge in [0.25, 0.3) is 0 Å². The van der Waals surface area contributed by atoms with Crippen molar-refractivity contribution in [2.45, 2.75) is 0 Å². The molecule has 1 aromatic heterocycles. The van der Waals surface area contributed by atoms with Crippen molar-refractivity contribution in [1.82, 2.24) is 14.8 Å². The first kappa shape index (κ1) is 8.07. The van der Waals surface area contributed by atoms with Gasteiger partial charge in [-0.05, 0) is 18.2 Å². The zero-order valence-electron chi connectivity index (χ0n) is 6.68. The average Bonchev–Trinajstić information content (AvgIpc) is 2.56. The van der Waals surface area contributed by atoms with E-state index in [4.69, 9.17) is 17.3 Å². The van der Waals surface area contributed by atoms with E-state index in [-0.39, 0.29) is 0 Å². The van der Waals surface area contributed by atoms with Crippen LogP contribution in [0.25, 0.3) is 5.69 Å². The predicted octanol–water partition coefficient (Wildman–Crippen LogP) is 1.50. The average molecular weight is 195 g/mol. The maximum absolute atomic E-state index is 5.76. The first-order chi connectivity index (χ1) is 6.27. The molecule has 13 heavy (non-hydrogen) atoms. The summed E-state index contributed by atoms with van der Waals surface area (Å²) in [5, 5.41) is 7.99. The summed E-state index contributed by atoms with van der Waals surface area (Å²) in [5.41, 5.74) is 7.18. The van der Waals surface area contributed by atoms with Crippen LogP contribution in [0.4, 0.5) is 5.69 Å². The molecule has 4 nitrogen and oxygen atoms in total. The van der Waals surface area contributed by atoms with Crippen molar-refractivity contribution in [3.63, 3.8) is 0 Å². The summed E-state index contributed by atoms with van der Waals surface area (Å²) in [7, 11) is 0.